The van der Waals surface area contributed by atoms with E-state index >= 15 is 0 Å². The third-order valence-corrected chi connectivity index (χ3v) is 4.25. The van der Waals surface area contributed by atoms with Crippen molar-refractivity contribution in [1.29, 1.82) is 0 Å². The predicted molar refractivity (Wildman–Crippen MR) is 87.0 cm³/mol. The molecule has 0 aliphatic heterocycles. The number of hydrogen-bond acceptors (Lipinski definition) is 1. The molecule has 1 nitrogen and oxygen atoms in total. The topological polar surface area (TPSA) is 20.2 Å². The number of aliphatic hydroxyl groups is 1. The van der Waals surface area contributed by atoms with Gasteiger partial charge in [0.2, 0.25) is 0 Å². The van der Waals surface area contributed by atoms with Crippen molar-refractivity contribution in [3.63, 3.8) is 0 Å². The van der Waals surface area contributed by atoms with E-state index in [0.29, 0.717) is 6.42 Å². The van der Waals surface area contributed by atoms with Gasteiger partial charge in [0.05, 0.1) is 6.10 Å². The number of fused-ring (bicyclic) bond motifs is 2. The second kappa shape index (κ2) is 5.94. The third-order valence-electron chi connectivity index (χ3n) is 3.79. The van der Waals surface area contributed by atoms with E-state index in [4.69, 9.17) is 0 Å². The number of alkyl halides is 1. The monoisotopic (exact) mass is 328 g/mol. The maximum atomic E-state index is 10.5. The van der Waals surface area contributed by atoms with Gasteiger partial charge in [-0.2, -0.15) is 0 Å². The summed E-state index contributed by atoms with van der Waals surface area (Å²) >= 11 is 3.49. The number of hydrogen-bond donors (Lipinski definition) is 1. The zero-order valence-electron chi connectivity index (χ0n) is 11.2. The highest BCUT2D eigenvalue weighted by molar-refractivity contribution is 9.09. The van der Waals surface area contributed by atoms with Crippen LogP contribution in [0.25, 0.3) is 5.57 Å². The van der Waals surface area contributed by atoms with Gasteiger partial charge in [0.15, 0.2) is 0 Å². The zero-order chi connectivity index (χ0) is 13.9. The van der Waals surface area contributed by atoms with Crippen molar-refractivity contribution in [2.75, 3.05) is 5.33 Å². The minimum atomic E-state index is -0.428. The van der Waals surface area contributed by atoms with Crippen molar-refractivity contribution >= 4 is 21.5 Å². The molecule has 0 aromatic heterocycles. The SMILES string of the molecule is O[C@H]1Cc2ccccc2/C(=C\CCBr)c2ccccc21. The van der Waals surface area contributed by atoms with E-state index in [1.54, 1.807) is 0 Å². The summed E-state index contributed by atoms with van der Waals surface area (Å²) < 4.78 is 0. The maximum absolute atomic E-state index is 10.5. The Kier molecular flexibility index (Phi) is 4.04. The van der Waals surface area contributed by atoms with Crippen LogP contribution < -0.4 is 0 Å². The maximum Gasteiger partial charge on any atom is 0.0836 e. The molecule has 0 saturated heterocycles. The van der Waals surface area contributed by atoms with Crippen molar-refractivity contribution in [2.24, 2.45) is 0 Å². The molecule has 3 rings (SSSR count). The molecule has 20 heavy (non-hydrogen) atoms. The van der Waals surface area contributed by atoms with Crippen LogP contribution in [-0.2, 0) is 6.42 Å². The second-order valence-electron chi connectivity index (χ2n) is 5.06. The quantitative estimate of drug-likeness (QED) is 0.805. The number of allylic oxidation sites excluding steroid dienone is 1. The standard InChI is InChI=1S/C18H17BrO/c19-11-5-10-15-14-7-2-1-6-13(14)12-18(20)17-9-4-3-8-16(15)17/h1-4,6-10,18,20H,5,11-12H2/b15-10+/t18-/m0/s1. The molecule has 102 valence electrons. The van der Waals surface area contributed by atoms with Gasteiger partial charge in [-0.25, -0.2) is 0 Å². The molecule has 2 heteroatoms. The lowest BCUT2D eigenvalue weighted by molar-refractivity contribution is 0.179. The fourth-order valence-electron chi connectivity index (χ4n) is 2.88. The van der Waals surface area contributed by atoms with Gasteiger partial charge in [0.25, 0.3) is 0 Å². The summed E-state index contributed by atoms with van der Waals surface area (Å²) in [5.41, 5.74) is 5.90. The van der Waals surface area contributed by atoms with Gasteiger partial charge >= 0.3 is 0 Å². The van der Waals surface area contributed by atoms with Crippen LogP contribution in [0.2, 0.25) is 0 Å². The van der Waals surface area contributed by atoms with Crippen LogP contribution in [0.3, 0.4) is 0 Å². The van der Waals surface area contributed by atoms with Gasteiger partial charge in [-0.15, -0.1) is 0 Å². The van der Waals surface area contributed by atoms with E-state index in [1.807, 2.05) is 24.3 Å². The molecule has 0 fully saturated rings. The zero-order valence-corrected chi connectivity index (χ0v) is 12.8. The second-order valence-corrected chi connectivity index (χ2v) is 5.85. The fourth-order valence-corrected chi connectivity index (χ4v) is 3.10. The van der Waals surface area contributed by atoms with Crippen LogP contribution in [0.5, 0.6) is 0 Å². The van der Waals surface area contributed by atoms with Crippen molar-refractivity contribution in [3.8, 4) is 0 Å². The first kappa shape index (κ1) is 13.6. The first-order chi connectivity index (χ1) is 9.81. The summed E-state index contributed by atoms with van der Waals surface area (Å²) in [4.78, 5) is 0. The van der Waals surface area contributed by atoms with Crippen molar-refractivity contribution < 1.29 is 5.11 Å². The third kappa shape index (κ3) is 2.46. The lowest BCUT2D eigenvalue weighted by Crippen LogP contribution is -2.01. The van der Waals surface area contributed by atoms with E-state index in [9.17, 15) is 5.11 Å². The van der Waals surface area contributed by atoms with Crippen LogP contribution in [-0.4, -0.2) is 10.4 Å². The van der Waals surface area contributed by atoms with E-state index in [2.05, 4.69) is 46.3 Å². The summed E-state index contributed by atoms with van der Waals surface area (Å²) in [6, 6.07) is 16.6. The highest BCUT2D eigenvalue weighted by atomic mass is 79.9. The van der Waals surface area contributed by atoms with Gasteiger partial charge in [0, 0.05) is 11.8 Å². The Hall–Kier alpha value is -1.38. The van der Waals surface area contributed by atoms with Gasteiger partial charge < -0.3 is 5.11 Å². The summed E-state index contributed by atoms with van der Waals surface area (Å²) in [6.07, 6.45) is 3.50. The number of aliphatic hydroxyl groups excluding tert-OH is 1. The van der Waals surface area contributed by atoms with Crippen LogP contribution in [0.15, 0.2) is 54.6 Å². The van der Waals surface area contributed by atoms with Gasteiger partial charge in [-0.3, -0.25) is 0 Å². The highest BCUT2D eigenvalue weighted by Crippen LogP contribution is 2.37. The Balaban J connectivity index is 2.24. The molecular formula is C18H17BrO. The Morgan fingerprint density at radius 2 is 1.75 bits per heavy atom. The van der Waals surface area contributed by atoms with E-state index in [1.165, 1.54) is 16.7 Å². The largest absolute Gasteiger partial charge is 0.388 e. The molecule has 1 N–H and O–H groups in total. The molecule has 0 unspecified atom stereocenters. The molecule has 0 spiro atoms. The molecule has 2 aromatic carbocycles. The van der Waals surface area contributed by atoms with Gasteiger partial charge in [0.1, 0.15) is 0 Å². The lowest BCUT2D eigenvalue weighted by atomic mass is 9.93. The molecule has 0 bridgehead atoms. The molecule has 0 saturated carbocycles. The fraction of sp³-hybridized carbons (Fsp3) is 0.222. The molecule has 2 aromatic rings. The molecule has 1 atom stereocenters. The van der Waals surface area contributed by atoms with Crippen LogP contribution in [0.4, 0.5) is 0 Å². The van der Waals surface area contributed by atoms with Crippen LogP contribution in [0.1, 0.15) is 34.8 Å². The first-order valence-corrected chi connectivity index (χ1v) is 8.05. The molecule has 0 heterocycles. The van der Waals surface area contributed by atoms with Crippen molar-refractivity contribution in [2.45, 2.75) is 18.9 Å². The molecule has 1 aliphatic rings. The minimum absolute atomic E-state index is 0.428. The van der Waals surface area contributed by atoms with Gasteiger partial charge in [-0.05, 0) is 34.2 Å². The molecule has 1 aliphatic carbocycles. The lowest BCUT2D eigenvalue weighted by Gasteiger charge is -2.12. The van der Waals surface area contributed by atoms with E-state index < -0.39 is 6.10 Å². The average Bonchev–Trinajstić information content (AvgIpc) is 2.60. The van der Waals surface area contributed by atoms with Crippen LogP contribution in [0, 0.1) is 0 Å². The van der Waals surface area contributed by atoms with E-state index in [-0.39, 0.29) is 0 Å². The van der Waals surface area contributed by atoms with Crippen LogP contribution >= 0.6 is 15.9 Å². The number of benzene rings is 2. The van der Waals surface area contributed by atoms with Crippen molar-refractivity contribution in [1.82, 2.24) is 0 Å². The average molecular weight is 329 g/mol. The highest BCUT2D eigenvalue weighted by Gasteiger charge is 2.22. The Morgan fingerprint density at radius 3 is 2.55 bits per heavy atom. The molecule has 0 radical (unpaired) electrons. The smallest absolute Gasteiger partial charge is 0.0836 e. The molecular weight excluding hydrogens is 312 g/mol. The normalized spacial score (nSPS) is 19.3. The summed E-state index contributed by atoms with van der Waals surface area (Å²) in [5.74, 6) is 0. The first-order valence-electron chi connectivity index (χ1n) is 6.93. The van der Waals surface area contributed by atoms with E-state index in [0.717, 1.165) is 22.9 Å². The predicted octanol–water partition coefficient (Wildman–Crippen LogP) is 4.49. The summed E-state index contributed by atoms with van der Waals surface area (Å²) in [7, 11) is 0. The Morgan fingerprint density at radius 1 is 1.05 bits per heavy atom. The summed E-state index contributed by atoms with van der Waals surface area (Å²) in [6.45, 7) is 0. The Bertz CT molecular complexity index is 645. The number of halogens is 1. The Labute approximate surface area is 128 Å². The molecule has 0 amide bonds. The van der Waals surface area contributed by atoms with Gasteiger partial charge in [-0.1, -0.05) is 70.5 Å². The van der Waals surface area contributed by atoms with Crippen molar-refractivity contribution in [3.05, 3.63) is 76.9 Å². The number of rotatable bonds is 2. The summed E-state index contributed by atoms with van der Waals surface area (Å²) in [5, 5.41) is 11.4. The minimum Gasteiger partial charge on any atom is -0.388 e.